The Morgan fingerprint density at radius 2 is 1.84 bits per heavy atom. The Labute approximate surface area is 155 Å². The van der Waals surface area contributed by atoms with Gasteiger partial charge >= 0.3 is 6.09 Å². The first-order valence-electron chi connectivity index (χ1n) is 9.18. The fraction of sp³-hybridized carbons (Fsp3) is 0.650. The molecule has 0 aliphatic carbocycles. The van der Waals surface area contributed by atoms with E-state index in [-0.39, 0.29) is 6.04 Å². The van der Waals surface area contributed by atoms with Gasteiger partial charge in [-0.1, -0.05) is 56.5 Å². The monoisotopic (exact) mass is 367 g/mol. The molecule has 0 aliphatic rings. The number of benzene rings is 1. The average Bonchev–Trinajstić information content (AvgIpc) is 2.50. The third kappa shape index (κ3) is 11.0. The lowest BCUT2D eigenvalue weighted by Crippen LogP contribution is -2.43. The summed E-state index contributed by atoms with van der Waals surface area (Å²) in [6, 6.07) is 9.76. The molecule has 2 atom stereocenters. The number of hydrogen-bond donors (Lipinski definition) is 1. The molecule has 0 saturated carbocycles. The van der Waals surface area contributed by atoms with Gasteiger partial charge in [0, 0.05) is 28.3 Å². The van der Waals surface area contributed by atoms with E-state index >= 15 is 0 Å². The standard InChI is InChI=1S/C20H33NO3S/c1-5-6-7-11-14-25(23)16-18(15-17-12-9-8-10-13-17)21-19(22)24-20(2,3)4/h8-10,12-13,18H,5-7,11,14-16H2,1-4H3,(H,21,22)/t18-,25?/m0/s1. The molecule has 0 aromatic heterocycles. The van der Waals surface area contributed by atoms with E-state index in [1.165, 1.54) is 12.8 Å². The number of amides is 1. The van der Waals surface area contributed by atoms with Crippen molar-refractivity contribution < 1.29 is 13.7 Å². The highest BCUT2D eigenvalue weighted by molar-refractivity contribution is 7.85. The number of ether oxygens (including phenoxy) is 1. The summed E-state index contributed by atoms with van der Waals surface area (Å²) in [6.45, 7) is 7.68. The summed E-state index contributed by atoms with van der Waals surface area (Å²) >= 11 is 0. The third-order valence-corrected chi connectivity index (χ3v) is 5.18. The molecular formula is C20H33NO3S. The maximum absolute atomic E-state index is 12.4. The summed E-state index contributed by atoms with van der Waals surface area (Å²) in [5.41, 5.74) is 0.576. The highest BCUT2D eigenvalue weighted by Crippen LogP contribution is 2.10. The highest BCUT2D eigenvalue weighted by Gasteiger charge is 2.21. The molecule has 0 saturated heterocycles. The van der Waals surface area contributed by atoms with Crippen LogP contribution in [-0.2, 0) is 22.0 Å². The summed E-state index contributed by atoms with van der Waals surface area (Å²) in [5.74, 6) is 1.15. The maximum Gasteiger partial charge on any atom is 0.407 e. The maximum atomic E-state index is 12.4. The SMILES string of the molecule is CCCCCCS(=O)C[C@H](Cc1ccccc1)NC(=O)OC(C)(C)C. The van der Waals surface area contributed by atoms with Crippen LogP contribution in [0.2, 0.25) is 0 Å². The van der Waals surface area contributed by atoms with E-state index in [0.29, 0.717) is 17.9 Å². The summed E-state index contributed by atoms with van der Waals surface area (Å²) in [5, 5.41) is 2.90. The first-order valence-corrected chi connectivity index (χ1v) is 10.7. The minimum Gasteiger partial charge on any atom is -0.444 e. The topological polar surface area (TPSA) is 55.4 Å². The average molecular weight is 368 g/mol. The molecule has 5 heteroatoms. The second-order valence-corrected chi connectivity index (χ2v) is 9.03. The van der Waals surface area contributed by atoms with E-state index in [2.05, 4.69) is 12.2 Å². The zero-order valence-electron chi connectivity index (χ0n) is 16.0. The number of nitrogens with one attached hydrogen (secondary N) is 1. The van der Waals surface area contributed by atoms with Crippen LogP contribution in [0.3, 0.4) is 0 Å². The van der Waals surface area contributed by atoms with E-state index in [0.717, 1.165) is 18.4 Å². The van der Waals surface area contributed by atoms with Crippen LogP contribution in [0.5, 0.6) is 0 Å². The van der Waals surface area contributed by atoms with Crippen molar-refractivity contribution in [3.05, 3.63) is 35.9 Å². The fourth-order valence-corrected chi connectivity index (χ4v) is 3.86. The summed E-state index contributed by atoms with van der Waals surface area (Å²) in [7, 11) is -0.937. The van der Waals surface area contributed by atoms with Crippen LogP contribution in [0.25, 0.3) is 0 Å². The minimum atomic E-state index is -0.937. The lowest BCUT2D eigenvalue weighted by molar-refractivity contribution is 0.0509. The smallest absolute Gasteiger partial charge is 0.407 e. The van der Waals surface area contributed by atoms with Gasteiger partial charge < -0.3 is 10.1 Å². The molecule has 0 spiro atoms. The van der Waals surface area contributed by atoms with Crippen LogP contribution in [0.4, 0.5) is 4.79 Å². The molecule has 1 rings (SSSR count). The molecule has 0 aliphatic heterocycles. The van der Waals surface area contributed by atoms with Crippen molar-refractivity contribution in [3.63, 3.8) is 0 Å². The van der Waals surface area contributed by atoms with Crippen LogP contribution >= 0.6 is 0 Å². The molecule has 4 nitrogen and oxygen atoms in total. The van der Waals surface area contributed by atoms with Gasteiger partial charge in [-0.15, -0.1) is 0 Å². The number of carbonyl (C=O) groups is 1. The molecule has 0 fully saturated rings. The fourth-order valence-electron chi connectivity index (χ4n) is 2.52. The predicted molar refractivity (Wildman–Crippen MR) is 105 cm³/mol. The summed E-state index contributed by atoms with van der Waals surface area (Å²) in [4.78, 5) is 12.1. The van der Waals surface area contributed by atoms with E-state index in [9.17, 15) is 9.00 Å². The number of carbonyl (C=O) groups excluding carboxylic acids is 1. The Hall–Kier alpha value is -1.36. The van der Waals surface area contributed by atoms with Crippen molar-refractivity contribution >= 4 is 16.9 Å². The van der Waals surface area contributed by atoms with Gasteiger partial charge in [-0.05, 0) is 39.2 Å². The Kier molecular flexibility index (Phi) is 9.79. The van der Waals surface area contributed by atoms with E-state index in [4.69, 9.17) is 4.74 Å². The van der Waals surface area contributed by atoms with E-state index < -0.39 is 22.5 Å². The number of hydrogen-bond acceptors (Lipinski definition) is 3. The van der Waals surface area contributed by atoms with Gasteiger partial charge in [-0.3, -0.25) is 4.21 Å². The van der Waals surface area contributed by atoms with Crippen molar-refractivity contribution in [2.75, 3.05) is 11.5 Å². The van der Waals surface area contributed by atoms with E-state index in [1.807, 2.05) is 51.1 Å². The molecule has 1 aromatic carbocycles. The molecule has 25 heavy (non-hydrogen) atoms. The predicted octanol–water partition coefficient (Wildman–Crippen LogP) is 4.45. The number of unbranched alkanes of at least 4 members (excludes halogenated alkanes) is 3. The first kappa shape index (κ1) is 21.7. The molecule has 0 bridgehead atoms. The molecule has 0 radical (unpaired) electrons. The summed E-state index contributed by atoms with van der Waals surface area (Å²) < 4.78 is 17.7. The first-order chi connectivity index (χ1) is 11.8. The van der Waals surface area contributed by atoms with Crippen molar-refractivity contribution in [2.24, 2.45) is 0 Å². The van der Waals surface area contributed by atoms with Crippen LogP contribution < -0.4 is 5.32 Å². The Morgan fingerprint density at radius 1 is 1.16 bits per heavy atom. The molecule has 1 aromatic rings. The highest BCUT2D eigenvalue weighted by atomic mass is 32.2. The zero-order valence-corrected chi connectivity index (χ0v) is 16.9. The van der Waals surface area contributed by atoms with Gasteiger partial charge in [-0.25, -0.2) is 4.79 Å². The van der Waals surface area contributed by atoms with Crippen LogP contribution in [0, 0.1) is 0 Å². The molecule has 142 valence electrons. The van der Waals surface area contributed by atoms with Crippen LogP contribution in [0.1, 0.15) is 58.9 Å². The van der Waals surface area contributed by atoms with Crippen LogP contribution in [-0.4, -0.2) is 33.5 Å². The van der Waals surface area contributed by atoms with E-state index in [1.54, 1.807) is 0 Å². The lowest BCUT2D eigenvalue weighted by Gasteiger charge is -2.23. The van der Waals surface area contributed by atoms with Crippen molar-refractivity contribution in [3.8, 4) is 0 Å². The van der Waals surface area contributed by atoms with Gasteiger partial charge in [0.1, 0.15) is 5.60 Å². The Balaban J connectivity index is 2.61. The number of rotatable bonds is 10. The van der Waals surface area contributed by atoms with Gasteiger partial charge in [-0.2, -0.15) is 0 Å². The third-order valence-electron chi connectivity index (χ3n) is 3.66. The van der Waals surface area contributed by atoms with Gasteiger partial charge in [0.05, 0.1) is 0 Å². The largest absolute Gasteiger partial charge is 0.444 e. The quantitative estimate of drug-likeness (QED) is 0.622. The molecule has 1 amide bonds. The zero-order chi connectivity index (χ0) is 18.7. The Morgan fingerprint density at radius 3 is 2.44 bits per heavy atom. The second kappa shape index (κ2) is 11.3. The number of alkyl carbamates (subject to hydrolysis) is 1. The summed E-state index contributed by atoms with van der Waals surface area (Å²) in [6.07, 6.45) is 4.65. The molecular weight excluding hydrogens is 334 g/mol. The molecule has 0 heterocycles. The van der Waals surface area contributed by atoms with Gasteiger partial charge in [0.15, 0.2) is 0 Å². The van der Waals surface area contributed by atoms with Gasteiger partial charge in [0.2, 0.25) is 0 Å². The molecule has 1 unspecified atom stereocenters. The lowest BCUT2D eigenvalue weighted by atomic mass is 10.1. The second-order valence-electron chi connectivity index (χ2n) is 7.40. The van der Waals surface area contributed by atoms with Crippen LogP contribution in [0.15, 0.2) is 30.3 Å². The van der Waals surface area contributed by atoms with Gasteiger partial charge in [0.25, 0.3) is 0 Å². The molecule has 1 N–H and O–H groups in total. The van der Waals surface area contributed by atoms with Crippen molar-refractivity contribution in [1.82, 2.24) is 5.32 Å². The minimum absolute atomic E-state index is 0.191. The Bertz CT molecular complexity index is 525. The van der Waals surface area contributed by atoms with Crippen molar-refractivity contribution in [1.29, 1.82) is 0 Å². The van der Waals surface area contributed by atoms with Crippen molar-refractivity contribution in [2.45, 2.75) is 71.4 Å². The normalized spacial score (nSPS) is 13.9.